The lowest BCUT2D eigenvalue weighted by molar-refractivity contribution is -0.274. The molecule has 0 radical (unpaired) electrons. The monoisotopic (exact) mass is 450 g/mol. The third kappa shape index (κ3) is 5.54. The van der Waals surface area contributed by atoms with E-state index in [9.17, 15) is 26.4 Å². The van der Waals surface area contributed by atoms with E-state index in [4.69, 9.17) is 0 Å². The van der Waals surface area contributed by atoms with E-state index in [-0.39, 0.29) is 16.1 Å². The maximum Gasteiger partial charge on any atom is 0.573 e. The van der Waals surface area contributed by atoms with Crippen LogP contribution in [0.25, 0.3) is 0 Å². The molecule has 3 aromatic rings. The topological polar surface area (TPSA) is 75.7 Å². The molecule has 0 unspecified atom stereocenters. The molecule has 0 saturated carbocycles. The van der Waals surface area contributed by atoms with Crippen LogP contribution in [0.1, 0.15) is 10.4 Å². The number of ether oxygens (including phenoxy) is 1. The number of carbonyl (C=O) groups excluding carboxylic acids is 1. The summed E-state index contributed by atoms with van der Waals surface area (Å²) in [5, 5.41) is 2.50. The first kappa shape index (κ1) is 22.2. The SMILES string of the molecule is CN(c1ccccc1)S(=O)(=O)c1cccc(C(=O)Nc2ccc(OC(F)(F)F)cc2)c1. The molecule has 0 aromatic heterocycles. The van der Waals surface area contributed by atoms with Crippen LogP contribution >= 0.6 is 0 Å². The highest BCUT2D eigenvalue weighted by molar-refractivity contribution is 7.92. The molecule has 1 amide bonds. The van der Waals surface area contributed by atoms with Gasteiger partial charge in [-0.15, -0.1) is 13.2 Å². The molecular formula is C21H17F3N2O4S. The third-order valence-electron chi connectivity index (χ3n) is 4.22. The van der Waals surface area contributed by atoms with Crippen molar-refractivity contribution in [3.8, 4) is 5.75 Å². The number of carbonyl (C=O) groups is 1. The highest BCUT2D eigenvalue weighted by Gasteiger charge is 2.31. The largest absolute Gasteiger partial charge is 0.573 e. The Bertz CT molecular complexity index is 1170. The summed E-state index contributed by atoms with van der Waals surface area (Å²) >= 11 is 0. The van der Waals surface area contributed by atoms with Gasteiger partial charge in [0.15, 0.2) is 0 Å². The molecule has 0 aliphatic rings. The van der Waals surface area contributed by atoms with Gasteiger partial charge in [0.05, 0.1) is 10.6 Å². The van der Waals surface area contributed by atoms with Crippen LogP contribution in [0, 0.1) is 0 Å². The Balaban J connectivity index is 1.77. The fourth-order valence-corrected chi connectivity index (χ4v) is 3.92. The summed E-state index contributed by atoms with van der Waals surface area (Å²) in [5.41, 5.74) is 0.742. The van der Waals surface area contributed by atoms with Gasteiger partial charge in [0.25, 0.3) is 15.9 Å². The van der Waals surface area contributed by atoms with Crippen molar-refractivity contribution in [3.63, 3.8) is 0 Å². The van der Waals surface area contributed by atoms with Gasteiger partial charge in [-0.25, -0.2) is 8.42 Å². The van der Waals surface area contributed by atoms with E-state index >= 15 is 0 Å². The van der Waals surface area contributed by atoms with E-state index < -0.39 is 28.0 Å². The van der Waals surface area contributed by atoms with E-state index in [1.165, 1.54) is 43.4 Å². The number of nitrogens with one attached hydrogen (secondary N) is 1. The van der Waals surface area contributed by atoms with Crippen molar-refractivity contribution < 1.29 is 31.1 Å². The summed E-state index contributed by atoms with van der Waals surface area (Å²) in [6, 6.07) is 18.5. The summed E-state index contributed by atoms with van der Waals surface area (Å²) in [4.78, 5) is 12.4. The minimum absolute atomic E-state index is 0.0677. The van der Waals surface area contributed by atoms with Crippen LogP contribution in [0.15, 0.2) is 83.8 Å². The summed E-state index contributed by atoms with van der Waals surface area (Å²) in [5.74, 6) is -1.05. The van der Waals surface area contributed by atoms with Crippen molar-refractivity contribution in [1.29, 1.82) is 0 Å². The van der Waals surface area contributed by atoms with Crippen LogP contribution in [0.5, 0.6) is 5.75 Å². The second-order valence-electron chi connectivity index (χ2n) is 6.36. The Kier molecular flexibility index (Phi) is 6.21. The zero-order valence-corrected chi connectivity index (χ0v) is 16.9. The predicted molar refractivity (Wildman–Crippen MR) is 110 cm³/mol. The molecule has 0 saturated heterocycles. The molecular weight excluding hydrogens is 433 g/mol. The fraction of sp³-hybridized carbons (Fsp3) is 0.0952. The van der Waals surface area contributed by atoms with Crippen LogP contribution in [0.2, 0.25) is 0 Å². The van der Waals surface area contributed by atoms with E-state index in [1.807, 2.05) is 0 Å². The smallest absolute Gasteiger partial charge is 0.406 e. The number of sulfonamides is 1. The van der Waals surface area contributed by atoms with Gasteiger partial charge in [-0.1, -0.05) is 24.3 Å². The van der Waals surface area contributed by atoms with Crippen molar-refractivity contribution in [2.24, 2.45) is 0 Å². The van der Waals surface area contributed by atoms with Gasteiger partial charge in [-0.2, -0.15) is 0 Å². The number of alkyl halides is 3. The first-order valence-electron chi connectivity index (χ1n) is 8.87. The number of rotatable bonds is 6. The number of nitrogens with zero attached hydrogens (tertiary/aromatic N) is 1. The molecule has 31 heavy (non-hydrogen) atoms. The molecule has 0 aliphatic carbocycles. The van der Waals surface area contributed by atoms with Crippen molar-refractivity contribution >= 4 is 27.3 Å². The minimum atomic E-state index is -4.82. The highest BCUT2D eigenvalue weighted by Crippen LogP contribution is 2.25. The lowest BCUT2D eigenvalue weighted by Crippen LogP contribution is -2.26. The van der Waals surface area contributed by atoms with Crippen LogP contribution in [0.4, 0.5) is 24.5 Å². The number of amides is 1. The molecule has 3 rings (SSSR count). The molecule has 0 atom stereocenters. The molecule has 6 nitrogen and oxygen atoms in total. The summed E-state index contributed by atoms with van der Waals surface area (Å²) in [7, 11) is -2.51. The van der Waals surface area contributed by atoms with E-state index in [0.29, 0.717) is 5.69 Å². The molecule has 1 N–H and O–H groups in total. The normalized spacial score (nSPS) is 11.6. The lowest BCUT2D eigenvalue weighted by Gasteiger charge is -2.19. The standard InChI is InChI=1S/C21H17F3N2O4S/c1-26(17-7-3-2-4-8-17)31(28,29)19-9-5-6-15(14-19)20(27)25-16-10-12-18(13-11-16)30-21(22,23)24/h2-14H,1H3,(H,25,27). The minimum Gasteiger partial charge on any atom is -0.406 e. The molecule has 162 valence electrons. The Morgan fingerprint density at radius 3 is 2.19 bits per heavy atom. The van der Waals surface area contributed by atoms with E-state index in [0.717, 1.165) is 16.4 Å². The quantitative estimate of drug-likeness (QED) is 0.593. The van der Waals surface area contributed by atoms with Gasteiger partial charge in [-0.3, -0.25) is 9.10 Å². The lowest BCUT2D eigenvalue weighted by atomic mass is 10.2. The van der Waals surface area contributed by atoms with Crippen molar-refractivity contribution in [3.05, 3.63) is 84.4 Å². The van der Waals surface area contributed by atoms with E-state index in [1.54, 1.807) is 30.3 Å². The molecule has 0 aliphatic heterocycles. The van der Waals surface area contributed by atoms with Crippen LogP contribution < -0.4 is 14.4 Å². The first-order valence-corrected chi connectivity index (χ1v) is 10.3. The maximum atomic E-state index is 12.9. The maximum absolute atomic E-state index is 12.9. The molecule has 3 aromatic carbocycles. The number of para-hydroxylation sites is 1. The summed E-state index contributed by atoms with van der Waals surface area (Å²) in [6.07, 6.45) is -4.82. The Morgan fingerprint density at radius 2 is 1.58 bits per heavy atom. The molecule has 0 bridgehead atoms. The van der Waals surface area contributed by atoms with E-state index in [2.05, 4.69) is 10.1 Å². The predicted octanol–water partition coefficient (Wildman–Crippen LogP) is 4.66. The van der Waals surface area contributed by atoms with Gasteiger partial charge in [0.2, 0.25) is 0 Å². The average molecular weight is 450 g/mol. The first-order chi connectivity index (χ1) is 14.6. The highest BCUT2D eigenvalue weighted by atomic mass is 32.2. The number of hydrogen-bond donors (Lipinski definition) is 1. The fourth-order valence-electron chi connectivity index (χ4n) is 2.68. The van der Waals surface area contributed by atoms with Crippen LogP contribution in [-0.4, -0.2) is 27.7 Å². The molecule has 0 spiro atoms. The van der Waals surface area contributed by atoms with Gasteiger partial charge < -0.3 is 10.1 Å². The zero-order valence-electron chi connectivity index (χ0n) is 16.1. The van der Waals surface area contributed by atoms with Gasteiger partial charge in [-0.05, 0) is 54.6 Å². The second kappa shape index (κ2) is 8.68. The summed E-state index contributed by atoms with van der Waals surface area (Å²) in [6.45, 7) is 0. The van der Waals surface area contributed by atoms with Crippen molar-refractivity contribution in [2.75, 3.05) is 16.7 Å². The van der Waals surface area contributed by atoms with Gasteiger partial charge in [0, 0.05) is 18.3 Å². The Morgan fingerprint density at radius 1 is 0.935 bits per heavy atom. The molecule has 10 heteroatoms. The Labute approximate surface area is 176 Å². The van der Waals surface area contributed by atoms with Gasteiger partial charge in [0.1, 0.15) is 5.75 Å². The average Bonchev–Trinajstić information content (AvgIpc) is 2.74. The number of hydrogen-bond acceptors (Lipinski definition) is 4. The van der Waals surface area contributed by atoms with Crippen molar-refractivity contribution in [2.45, 2.75) is 11.3 Å². The number of benzene rings is 3. The Hall–Kier alpha value is -3.53. The third-order valence-corrected chi connectivity index (χ3v) is 6.00. The van der Waals surface area contributed by atoms with Crippen molar-refractivity contribution in [1.82, 2.24) is 0 Å². The van der Waals surface area contributed by atoms with Crippen LogP contribution in [0.3, 0.4) is 0 Å². The zero-order chi connectivity index (χ0) is 22.6. The summed E-state index contributed by atoms with van der Waals surface area (Å²) < 4.78 is 67.4. The number of halogens is 3. The van der Waals surface area contributed by atoms with Crippen LogP contribution in [-0.2, 0) is 10.0 Å². The molecule has 0 fully saturated rings. The van der Waals surface area contributed by atoms with Gasteiger partial charge >= 0.3 is 6.36 Å². The molecule has 0 heterocycles. The second-order valence-corrected chi connectivity index (χ2v) is 8.33. The number of anilines is 2.